The number of allylic oxidation sites excluding steroid dienone is 4. The van der Waals surface area contributed by atoms with Crippen LogP contribution in [0.25, 0.3) is 106 Å². The van der Waals surface area contributed by atoms with E-state index in [1.807, 2.05) is 6.07 Å². The largest absolute Gasteiger partial charge is 0.228 e. The maximum atomic E-state index is 5.17. The van der Waals surface area contributed by atoms with Gasteiger partial charge in [-0.3, -0.25) is 0 Å². The molecule has 2 nitrogen and oxygen atoms in total. The Balaban J connectivity index is 1.14. The Morgan fingerprint density at radius 3 is 1.14 bits per heavy atom. The maximum Gasteiger partial charge on any atom is 0.160 e. The van der Waals surface area contributed by atoms with Crippen molar-refractivity contribution in [3.8, 4) is 100 Å². The van der Waals surface area contributed by atoms with Gasteiger partial charge in [0.2, 0.25) is 0 Å². The number of hydrogen-bond donors (Lipinski definition) is 0. The third-order valence-electron chi connectivity index (χ3n) is 12.5. The van der Waals surface area contributed by atoms with Crippen molar-refractivity contribution in [3.63, 3.8) is 0 Å². The molecule has 66 heavy (non-hydrogen) atoms. The summed E-state index contributed by atoms with van der Waals surface area (Å²) >= 11 is 0. The summed E-state index contributed by atoms with van der Waals surface area (Å²) in [6, 6.07) is 85.3. The van der Waals surface area contributed by atoms with Crippen LogP contribution in [0.15, 0.2) is 255 Å². The zero-order chi connectivity index (χ0) is 44.1. The Morgan fingerprint density at radius 2 is 0.652 bits per heavy atom. The topological polar surface area (TPSA) is 25.8 Å². The van der Waals surface area contributed by atoms with E-state index in [0.29, 0.717) is 0 Å². The van der Waals surface area contributed by atoms with E-state index in [4.69, 9.17) is 9.97 Å². The lowest BCUT2D eigenvalue weighted by atomic mass is 9.78. The highest BCUT2D eigenvalue weighted by molar-refractivity contribution is 6.08. The predicted molar refractivity (Wildman–Crippen MR) is 277 cm³/mol. The van der Waals surface area contributed by atoms with Gasteiger partial charge >= 0.3 is 0 Å². The van der Waals surface area contributed by atoms with E-state index in [-0.39, 0.29) is 0 Å². The Bertz CT molecular complexity index is 3340. The fraction of sp³-hybridized carbons (Fsp3) is 0.0312. The van der Waals surface area contributed by atoms with Crippen LogP contribution in [0.5, 0.6) is 0 Å². The molecule has 2 heteroatoms. The second-order valence-corrected chi connectivity index (χ2v) is 16.8. The van der Waals surface area contributed by atoms with Crippen molar-refractivity contribution in [2.45, 2.75) is 12.8 Å². The molecule has 0 amide bonds. The third kappa shape index (κ3) is 8.25. The van der Waals surface area contributed by atoms with E-state index >= 15 is 0 Å². The molecule has 312 valence electrons. The fourth-order valence-electron chi connectivity index (χ4n) is 9.30. The molecule has 0 saturated heterocycles. The Labute approximate surface area is 387 Å². The third-order valence-corrected chi connectivity index (χ3v) is 12.5. The van der Waals surface area contributed by atoms with Crippen molar-refractivity contribution >= 4 is 5.57 Å². The van der Waals surface area contributed by atoms with Crippen LogP contribution in [-0.4, -0.2) is 9.97 Å². The van der Waals surface area contributed by atoms with E-state index in [9.17, 15) is 0 Å². The van der Waals surface area contributed by atoms with Gasteiger partial charge in [0.15, 0.2) is 5.82 Å². The molecule has 1 aromatic heterocycles. The van der Waals surface area contributed by atoms with Crippen molar-refractivity contribution in [2.75, 3.05) is 0 Å². The first-order chi connectivity index (χ1) is 32.7. The minimum Gasteiger partial charge on any atom is -0.228 e. The van der Waals surface area contributed by atoms with E-state index in [1.54, 1.807) is 0 Å². The minimum absolute atomic E-state index is 0.754. The van der Waals surface area contributed by atoms with E-state index in [2.05, 4.69) is 249 Å². The van der Waals surface area contributed by atoms with Gasteiger partial charge in [-0.2, -0.15) is 0 Å². The van der Waals surface area contributed by atoms with E-state index in [0.717, 1.165) is 74.6 Å². The van der Waals surface area contributed by atoms with Gasteiger partial charge in [0, 0.05) is 16.7 Å². The Kier molecular flexibility index (Phi) is 11.2. The zero-order valence-corrected chi connectivity index (χ0v) is 36.6. The molecule has 0 aliphatic heterocycles. The molecule has 0 bridgehead atoms. The van der Waals surface area contributed by atoms with Crippen molar-refractivity contribution in [2.24, 2.45) is 0 Å². The van der Waals surface area contributed by atoms with Gasteiger partial charge in [-0.1, -0.05) is 224 Å². The lowest BCUT2D eigenvalue weighted by molar-refractivity contribution is 1.03. The van der Waals surface area contributed by atoms with Crippen LogP contribution in [0.3, 0.4) is 0 Å². The number of nitrogens with zero attached hydrogens (tertiary/aromatic N) is 2. The number of hydrogen-bond acceptors (Lipinski definition) is 2. The monoisotopic (exact) mass is 842 g/mol. The molecule has 1 aliphatic rings. The molecule has 0 unspecified atom stereocenters. The molecule has 0 atom stereocenters. The highest BCUT2D eigenvalue weighted by Crippen LogP contribution is 2.51. The van der Waals surface area contributed by atoms with Gasteiger partial charge in [0.1, 0.15) is 0 Å². The summed E-state index contributed by atoms with van der Waals surface area (Å²) in [6.07, 6.45) is 8.65. The summed E-state index contributed by atoms with van der Waals surface area (Å²) in [7, 11) is 0. The van der Waals surface area contributed by atoms with Gasteiger partial charge in [-0.15, -0.1) is 0 Å². The van der Waals surface area contributed by atoms with E-state index < -0.39 is 0 Å². The highest BCUT2D eigenvalue weighted by Gasteiger charge is 2.24. The quantitative estimate of drug-likeness (QED) is 0.137. The fourth-order valence-corrected chi connectivity index (χ4v) is 9.30. The summed E-state index contributed by atoms with van der Waals surface area (Å²) in [5.41, 5.74) is 21.4. The van der Waals surface area contributed by atoms with Crippen LogP contribution in [0.1, 0.15) is 18.7 Å². The number of benzene rings is 9. The summed E-state index contributed by atoms with van der Waals surface area (Å²) in [5, 5.41) is 0. The van der Waals surface area contributed by atoms with Crippen LogP contribution in [0.2, 0.25) is 0 Å². The van der Waals surface area contributed by atoms with Crippen LogP contribution < -0.4 is 0 Å². The summed E-state index contributed by atoms with van der Waals surface area (Å²) in [6.45, 7) is 0. The Morgan fingerprint density at radius 1 is 0.273 bits per heavy atom. The highest BCUT2D eigenvalue weighted by atomic mass is 14.9. The standard InChI is InChI=1S/C64H46N2/c1-8-22-45(23-9-1)54-40-55(46-36-38-49(39-37-46)60-44-59(48-26-12-3-13-27-48)65-64(66-60)53-34-20-7-21-35-53)42-56(41-54)58-43-57(47-24-10-2-11-25-47)61(50-28-14-4-15-29-50)63(52-32-18-6-19-33-52)62(58)51-30-16-5-17-31-51/h1-6,8-20,22-44H,7,21H2. The molecular formula is C64H46N2. The molecule has 1 heterocycles. The predicted octanol–water partition coefficient (Wildman–Crippen LogP) is 17.2. The molecule has 1 aliphatic carbocycles. The van der Waals surface area contributed by atoms with Crippen molar-refractivity contribution in [3.05, 3.63) is 261 Å². The molecule has 11 rings (SSSR count). The lowest BCUT2D eigenvalue weighted by Crippen LogP contribution is -1.99. The second-order valence-electron chi connectivity index (χ2n) is 16.8. The molecule has 0 radical (unpaired) electrons. The van der Waals surface area contributed by atoms with E-state index in [1.165, 1.54) is 50.1 Å². The SMILES string of the molecule is C1=CC(c2nc(-c3ccccc3)cc(-c3ccc(-c4cc(-c5ccccc5)cc(-c5cc(-c6ccccc6)c(-c6ccccc6)c(-c6ccccc6)c5-c5ccccc5)c4)cc3)n2)=CCC1. The number of rotatable bonds is 10. The Hall–Kier alpha value is -8.46. The average molecular weight is 843 g/mol. The number of aromatic nitrogens is 2. The molecule has 0 spiro atoms. The summed E-state index contributed by atoms with van der Waals surface area (Å²) < 4.78 is 0. The second kappa shape index (κ2) is 18.3. The van der Waals surface area contributed by atoms with Crippen molar-refractivity contribution < 1.29 is 0 Å². The van der Waals surface area contributed by atoms with Crippen LogP contribution in [-0.2, 0) is 0 Å². The molecular weight excluding hydrogens is 797 g/mol. The van der Waals surface area contributed by atoms with Crippen molar-refractivity contribution in [1.29, 1.82) is 0 Å². The van der Waals surface area contributed by atoms with Crippen LogP contribution in [0.4, 0.5) is 0 Å². The van der Waals surface area contributed by atoms with Crippen LogP contribution in [0, 0.1) is 0 Å². The minimum atomic E-state index is 0.754. The van der Waals surface area contributed by atoms with Crippen LogP contribution >= 0.6 is 0 Å². The van der Waals surface area contributed by atoms with Gasteiger partial charge in [-0.05, 0) is 121 Å². The summed E-state index contributed by atoms with van der Waals surface area (Å²) in [4.78, 5) is 10.2. The van der Waals surface area contributed by atoms with Gasteiger partial charge < -0.3 is 0 Å². The molecule has 9 aromatic carbocycles. The molecule has 0 N–H and O–H groups in total. The summed E-state index contributed by atoms with van der Waals surface area (Å²) in [5.74, 6) is 0.754. The average Bonchev–Trinajstić information content (AvgIpc) is 3.42. The van der Waals surface area contributed by atoms with Gasteiger partial charge in [0.05, 0.1) is 11.4 Å². The zero-order valence-electron chi connectivity index (χ0n) is 36.6. The molecule has 0 fully saturated rings. The first-order valence-corrected chi connectivity index (χ1v) is 22.8. The van der Waals surface area contributed by atoms with Gasteiger partial charge in [0.25, 0.3) is 0 Å². The first kappa shape index (κ1) is 40.3. The maximum absolute atomic E-state index is 5.17. The lowest BCUT2D eigenvalue weighted by Gasteiger charge is -2.25. The normalized spacial score (nSPS) is 12.2. The molecule has 0 saturated carbocycles. The van der Waals surface area contributed by atoms with Crippen molar-refractivity contribution in [1.82, 2.24) is 9.97 Å². The molecule has 10 aromatic rings. The van der Waals surface area contributed by atoms with Gasteiger partial charge in [-0.25, -0.2) is 9.97 Å². The first-order valence-electron chi connectivity index (χ1n) is 22.8. The smallest absolute Gasteiger partial charge is 0.160 e.